The Kier molecular flexibility index (Phi) is 4.86. The fourth-order valence-electron chi connectivity index (χ4n) is 1.63. The summed E-state index contributed by atoms with van der Waals surface area (Å²) in [7, 11) is 0. The van der Waals surface area contributed by atoms with Crippen LogP contribution in [0.25, 0.3) is 0 Å². The Balaban J connectivity index is 2.84. The molecule has 19 heavy (non-hydrogen) atoms. The van der Waals surface area contributed by atoms with Crippen molar-refractivity contribution in [2.75, 3.05) is 0 Å². The van der Waals surface area contributed by atoms with Crippen LogP contribution in [-0.2, 0) is 4.79 Å². The molecule has 0 aliphatic carbocycles. The summed E-state index contributed by atoms with van der Waals surface area (Å²) in [5, 5.41) is 20.7. The van der Waals surface area contributed by atoms with Gasteiger partial charge in [0.15, 0.2) is 0 Å². The number of rotatable bonds is 5. The van der Waals surface area contributed by atoms with E-state index >= 15 is 0 Å². The van der Waals surface area contributed by atoms with Crippen molar-refractivity contribution in [3.05, 3.63) is 29.6 Å². The number of aliphatic carboxylic acids is 1. The number of halogens is 1. The van der Waals surface area contributed by atoms with Gasteiger partial charge in [-0.15, -0.1) is 0 Å². The van der Waals surface area contributed by atoms with Gasteiger partial charge in [0.1, 0.15) is 17.6 Å². The van der Waals surface area contributed by atoms with Gasteiger partial charge < -0.3 is 15.5 Å². The third-order valence-electron chi connectivity index (χ3n) is 2.51. The van der Waals surface area contributed by atoms with E-state index in [0.29, 0.717) is 0 Å². The fourth-order valence-corrected chi connectivity index (χ4v) is 1.63. The molecule has 5 nitrogen and oxygen atoms in total. The Labute approximate surface area is 110 Å². The number of carbonyl (C=O) groups is 2. The molecule has 1 amide bonds. The van der Waals surface area contributed by atoms with Gasteiger partial charge in [-0.2, -0.15) is 0 Å². The molecule has 6 heteroatoms. The minimum Gasteiger partial charge on any atom is -0.507 e. The van der Waals surface area contributed by atoms with E-state index in [9.17, 15) is 19.1 Å². The molecule has 0 aliphatic heterocycles. The Bertz CT molecular complexity index is 488. The van der Waals surface area contributed by atoms with Gasteiger partial charge in [0.25, 0.3) is 5.91 Å². The first-order valence-electron chi connectivity index (χ1n) is 5.83. The average molecular weight is 269 g/mol. The van der Waals surface area contributed by atoms with Gasteiger partial charge in [0, 0.05) is 6.07 Å². The quantitative estimate of drug-likeness (QED) is 0.760. The summed E-state index contributed by atoms with van der Waals surface area (Å²) in [6, 6.07) is 1.88. The predicted octanol–water partition coefficient (Wildman–Crippen LogP) is 1.76. The molecule has 0 aliphatic rings. The number of phenols is 1. The molecule has 3 N–H and O–H groups in total. The molecule has 0 saturated carbocycles. The molecule has 104 valence electrons. The van der Waals surface area contributed by atoms with Gasteiger partial charge in [-0.05, 0) is 24.5 Å². The number of benzene rings is 1. The van der Waals surface area contributed by atoms with Crippen LogP contribution in [0.15, 0.2) is 18.2 Å². The van der Waals surface area contributed by atoms with E-state index in [1.807, 2.05) is 13.8 Å². The maximum absolute atomic E-state index is 12.8. The van der Waals surface area contributed by atoms with Crippen LogP contribution in [0.3, 0.4) is 0 Å². The summed E-state index contributed by atoms with van der Waals surface area (Å²) >= 11 is 0. The van der Waals surface area contributed by atoms with Crippen molar-refractivity contribution in [3.63, 3.8) is 0 Å². The largest absolute Gasteiger partial charge is 0.507 e. The van der Waals surface area contributed by atoms with Gasteiger partial charge >= 0.3 is 5.97 Å². The van der Waals surface area contributed by atoms with Crippen molar-refractivity contribution in [1.29, 1.82) is 0 Å². The number of hydrogen-bond acceptors (Lipinski definition) is 3. The normalized spacial score (nSPS) is 12.2. The van der Waals surface area contributed by atoms with Gasteiger partial charge in [0.2, 0.25) is 0 Å². The molecular formula is C13H16FNO4. The standard InChI is InChI=1S/C13H16FNO4/c1-7(2)5-10(13(18)19)15-12(17)9-4-3-8(14)6-11(9)16/h3-4,6-7,10,16H,5H2,1-2H3,(H,15,17)(H,18,19)/t10-/m1/s1. The second-order valence-corrected chi connectivity index (χ2v) is 4.66. The van der Waals surface area contributed by atoms with Crippen molar-refractivity contribution in [2.45, 2.75) is 26.3 Å². The van der Waals surface area contributed by atoms with E-state index in [1.165, 1.54) is 0 Å². The number of nitrogens with one attached hydrogen (secondary N) is 1. The summed E-state index contributed by atoms with van der Waals surface area (Å²) in [6.45, 7) is 3.66. The lowest BCUT2D eigenvalue weighted by atomic mass is 10.0. The highest BCUT2D eigenvalue weighted by Gasteiger charge is 2.23. The number of hydrogen-bond donors (Lipinski definition) is 3. The van der Waals surface area contributed by atoms with E-state index in [2.05, 4.69) is 5.32 Å². The SMILES string of the molecule is CC(C)C[C@@H](NC(=O)c1ccc(F)cc1O)C(=O)O. The van der Waals surface area contributed by atoms with Crippen LogP contribution < -0.4 is 5.32 Å². The number of amides is 1. The highest BCUT2D eigenvalue weighted by atomic mass is 19.1. The smallest absolute Gasteiger partial charge is 0.326 e. The minimum absolute atomic E-state index is 0.0863. The molecule has 0 radical (unpaired) electrons. The maximum atomic E-state index is 12.8. The zero-order chi connectivity index (χ0) is 14.6. The lowest BCUT2D eigenvalue weighted by molar-refractivity contribution is -0.139. The van der Waals surface area contributed by atoms with E-state index in [-0.39, 0.29) is 17.9 Å². The number of aromatic hydroxyl groups is 1. The molecule has 0 fully saturated rings. The summed E-state index contributed by atoms with van der Waals surface area (Å²) in [4.78, 5) is 22.8. The number of carbonyl (C=O) groups excluding carboxylic acids is 1. The Morgan fingerprint density at radius 3 is 2.47 bits per heavy atom. The maximum Gasteiger partial charge on any atom is 0.326 e. The number of carboxylic acids is 1. The predicted molar refractivity (Wildman–Crippen MR) is 66.4 cm³/mol. The molecular weight excluding hydrogens is 253 g/mol. The first kappa shape index (κ1) is 14.9. The van der Waals surface area contributed by atoms with Crippen molar-refractivity contribution in [3.8, 4) is 5.75 Å². The highest BCUT2D eigenvalue weighted by Crippen LogP contribution is 2.18. The average Bonchev–Trinajstić information content (AvgIpc) is 2.26. The fraction of sp³-hybridized carbons (Fsp3) is 0.385. The monoisotopic (exact) mass is 269 g/mol. The van der Waals surface area contributed by atoms with Gasteiger partial charge in [-0.1, -0.05) is 13.8 Å². The first-order valence-corrected chi connectivity index (χ1v) is 5.83. The molecule has 1 aromatic rings. The van der Waals surface area contributed by atoms with Crippen LogP contribution in [-0.4, -0.2) is 28.1 Å². The van der Waals surface area contributed by atoms with Crippen LogP contribution in [0.4, 0.5) is 4.39 Å². The Hall–Kier alpha value is -2.11. The van der Waals surface area contributed by atoms with Crippen LogP contribution in [0.5, 0.6) is 5.75 Å². The Morgan fingerprint density at radius 1 is 1.37 bits per heavy atom. The molecule has 0 heterocycles. The van der Waals surface area contributed by atoms with Gasteiger partial charge in [-0.3, -0.25) is 4.79 Å². The van der Waals surface area contributed by atoms with E-state index in [1.54, 1.807) is 0 Å². The van der Waals surface area contributed by atoms with Crippen molar-refractivity contribution in [2.24, 2.45) is 5.92 Å². The van der Waals surface area contributed by atoms with Crippen LogP contribution in [0.2, 0.25) is 0 Å². The van der Waals surface area contributed by atoms with Crippen LogP contribution >= 0.6 is 0 Å². The molecule has 0 bridgehead atoms. The van der Waals surface area contributed by atoms with E-state index in [0.717, 1.165) is 18.2 Å². The topological polar surface area (TPSA) is 86.6 Å². The summed E-state index contributed by atoms with van der Waals surface area (Å²) in [5.74, 6) is -3.00. The molecule has 1 rings (SSSR count). The van der Waals surface area contributed by atoms with Crippen molar-refractivity contribution < 1.29 is 24.2 Å². The third-order valence-corrected chi connectivity index (χ3v) is 2.51. The highest BCUT2D eigenvalue weighted by molar-refractivity contribution is 5.98. The summed E-state index contributed by atoms with van der Waals surface area (Å²) < 4.78 is 12.8. The second-order valence-electron chi connectivity index (χ2n) is 4.66. The first-order chi connectivity index (χ1) is 8.81. The van der Waals surface area contributed by atoms with E-state index < -0.39 is 29.5 Å². The molecule has 1 atom stereocenters. The van der Waals surface area contributed by atoms with Crippen LogP contribution in [0, 0.1) is 11.7 Å². The zero-order valence-corrected chi connectivity index (χ0v) is 10.7. The van der Waals surface area contributed by atoms with Crippen molar-refractivity contribution >= 4 is 11.9 Å². The third kappa shape index (κ3) is 4.24. The molecule has 1 aromatic carbocycles. The van der Waals surface area contributed by atoms with Crippen molar-refractivity contribution in [1.82, 2.24) is 5.32 Å². The lowest BCUT2D eigenvalue weighted by Gasteiger charge is -2.16. The molecule has 0 unspecified atom stereocenters. The summed E-state index contributed by atoms with van der Waals surface area (Å²) in [6.07, 6.45) is 0.267. The summed E-state index contributed by atoms with van der Waals surface area (Å²) in [5.41, 5.74) is -0.156. The number of carboxylic acid groups (broad SMARTS) is 1. The second kappa shape index (κ2) is 6.17. The van der Waals surface area contributed by atoms with Gasteiger partial charge in [-0.25, -0.2) is 9.18 Å². The van der Waals surface area contributed by atoms with Crippen LogP contribution in [0.1, 0.15) is 30.6 Å². The number of phenolic OH excluding ortho intramolecular Hbond substituents is 1. The van der Waals surface area contributed by atoms with E-state index in [4.69, 9.17) is 5.11 Å². The van der Waals surface area contributed by atoms with Gasteiger partial charge in [0.05, 0.1) is 5.56 Å². The Morgan fingerprint density at radius 2 is 2.00 bits per heavy atom. The zero-order valence-electron chi connectivity index (χ0n) is 10.7. The lowest BCUT2D eigenvalue weighted by Crippen LogP contribution is -2.41. The minimum atomic E-state index is -1.15. The molecule has 0 aromatic heterocycles. The molecule has 0 saturated heterocycles. The molecule has 0 spiro atoms.